The minimum Gasteiger partial charge on any atom is -0.497 e. The van der Waals surface area contributed by atoms with Gasteiger partial charge in [-0.1, -0.05) is 221 Å². The highest BCUT2D eigenvalue weighted by molar-refractivity contribution is 7.51. The average molecular weight is 1240 g/mol. The molecule has 464 valence electrons. The number of aliphatic carboxylic acids is 1. The number of carboxylic acid groups (broad SMARTS) is 1. The molecule has 2 aromatic heterocycles. The Balaban J connectivity index is 1.09. The smallest absolute Gasteiger partial charge is 0.406 e. The number of imidazole rings is 1. The third-order valence-electron chi connectivity index (χ3n) is 16.1. The van der Waals surface area contributed by atoms with E-state index in [4.69, 9.17) is 44.1 Å². The highest BCUT2D eigenvalue weighted by Crippen LogP contribution is 2.52. The predicted octanol–water partition coefficient (Wildman–Crippen LogP) is 13.4. The zero-order valence-corrected chi connectivity index (χ0v) is 51.3. The number of nitrogens with zero attached hydrogens (tertiary/aromatic N) is 4. The van der Waals surface area contributed by atoms with Gasteiger partial charge in [0, 0.05) is 6.42 Å². The number of carboxylic acids is 1. The molecule has 1 saturated heterocycles. The molecule has 19 heteroatoms. The molecule has 9 aromatic rings. The van der Waals surface area contributed by atoms with Gasteiger partial charge in [0.05, 0.1) is 27.2 Å². The van der Waals surface area contributed by atoms with Crippen molar-refractivity contribution in [2.24, 2.45) is 0 Å². The molecule has 0 amide bonds. The Morgan fingerprint density at radius 3 is 1.78 bits per heavy atom. The number of hydrogen-bond donors (Lipinski definition) is 3. The molecule has 0 saturated carbocycles. The molecule has 0 spiro atoms. The second-order valence-electron chi connectivity index (χ2n) is 21.8. The van der Waals surface area contributed by atoms with Crippen LogP contribution in [0.5, 0.6) is 11.5 Å². The fraction of sp³-hybridized carbons (Fsp3) is 0.282. The number of hydrogen-bond acceptors (Lipinski definition) is 14. The van der Waals surface area contributed by atoms with Crippen LogP contribution in [0, 0.1) is 18.4 Å². The first-order chi connectivity index (χ1) is 43.9. The first-order valence-electron chi connectivity index (χ1n) is 30.0. The summed E-state index contributed by atoms with van der Waals surface area (Å²) >= 11 is 0. The summed E-state index contributed by atoms with van der Waals surface area (Å²) in [6.45, 7) is 0.531. The number of ether oxygens (including phenoxy) is 5. The SMILES string of the molecule is C#C[C@]1(COP(=O)(NC(Cc2ccccc2)C(=O)O)OCC(=O)OCCCCCCCC)O[C@@H](n2cnc3c(NC(c4ccccc4)(c4ccccc4)c4ccc(OC)cc4)nc(F)nc32)C[C@@H]1OC(c1ccccc1)(c1ccccc1)c1ccc(OC)cc1. The summed E-state index contributed by atoms with van der Waals surface area (Å²) in [5, 5.41) is 17.0. The van der Waals surface area contributed by atoms with Gasteiger partial charge in [0.15, 0.2) is 29.2 Å². The fourth-order valence-corrected chi connectivity index (χ4v) is 13.0. The molecule has 2 unspecified atom stereocenters. The summed E-state index contributed by atoms with van der Waals surface area (Å²) in [6.07, 6.45) is 10.0. The number of methoxy groups -OCH3 is 2. The number of carbonyl (C=O) groups is 2. The first kappa shape index (κ1) is 64.0. The monoisotopic (exact) mass is 1230 g/mol. The van der Waals surface area contributed by atoms with Crippen molar-refractivity contribution in [1.82, 2.24) is 24.6 Å². The number of nitrogens with one attached hydrogen (secondary N) is 2. The number of fused-ring (bicyclic) bond motifs is 1. The van der Waals surface area contributed by atoms with Crippen molar-refractivity contribution in [3.05, 3.63) is 252 Å². The highest BCUT2D eigenvalue weighted by Gasteiger charge is 2.56. The third-order valence-corrected chi connectivity index (χ3v) is 17.7. The highest BCUT2D eigenvalue weighted by atomic mass is 31.2. The van der Waals surface area contributed by atoms with Gasteiger partial charge in [0.2, 0.25) is 0 Å². The summed E-state index contributed by atoms with van der Waals surface area (Å²) < 4.78 is 77.6. The van der Waals surface area contributed by atoms with Crippen LogP contribution in [0.2, 0.25) is 0 Å². The fourth-order valence-electron chi connectivity index (χ4n) is 11.5. The van der Waals surface area contributed by atoms with Crippen LogP contribution in [-0.4, -0.2) is 88.4 Å². The maximum Gasteiger partial charge on any atom is 0.406 e. The summed E-state index contributed by atoms with van der Waals surface area (Å²) in [6, 6.07) is 60.4. The second kappa shape index (κ2) is 29.5. The van der Waals surface area contributed by atoms with E-state index in [0.717, 1.165) is 48.8 Å². The molecule has 5 atom stereocenters. The van der Waals surface area contributed by atoms with E-state index in [1.165, 1.54) is 10.9 Å². The van der Waals surface area contributed by atoms with Crippen LogP contribution in [0.15, 0.2) is 207 Å². The van der Waals surface area contributed by atoms with Gasteiger partial charge in [-0.3, -0.25) is 18.4 Å². The van der Waals surface area contributed by atoms with E-state index in [1.54, 1.807) is 44.6 Å². The number of aromatic nitrogens is 4. The normalized spacial score (nSPS) is 16.8. The van der Waals surface area contributed by atoms with E-state index in [2.05, 4.69) is 33.2 Å². The van der Waals surface area contributed by atoms with Gasteiger partial charge in [-0.25, -0.2) is 19.4 Å². The number of halogens is 1. The molecule has 3 N–H and O–H groups in total. The van der Waals surface area contributed by atoms with Gasteiger partial charge in [-0.15, -0.1) is 6.42 Å². The lowest BCUT2D eigenvalue weighted by Gasteiger charge is -2.41. The largest absolute Gasteiger partial charge is 0.497 e. The Hall–Kier alpha value is -9.05. The molecule has 1 fully saturated rings. The number of esters is 1. The number of anilines is 1. The van der Waals surface area contributed by atoms with E-state index >= 15 is 8.96 Å². The van der Waals surface area contributed by atoms with Gasteiger partial charge in [-0.05, 0) is 76.1 Å². The van der Waals surface area contributed by atoms with Crippen LogP contribution in [0.3, 0.4) is 0 Å². The Bertz CT molecular complexity index is 3810. The standard InChI is InChI=1S/C71H72FN6O11P/c1-5-7-8-9-10-26-45-85-63(79)48-86-90(82,77-60(67(80)81)46-51-27-16-11-17-28-51)87-49-69(6-2)61(88-71(55-33-22-14-23-34-55,56-35-24-15-25-36-56)57-39-43-59(84-4)44-40-57)47-62(89-69)78-50-73-64-65(74-68(72)75-66(64)78)76-70(52-29-18-12-19-30-52,53-31-20-13-21-32-53)54-37-41-58(83-3)42-38-54/h2,11-25,27-44,50,60-62H,5,7-10,26,45-49H2,1,3-4H3,(H,77,82)(H,80,81)(H,74,75,76)/t60?,61-,62+,69+,90?/m0/s1. The third kappa shape index (κ3) is 14.3. The van der Waals surface area contributed by atoms with Crippen LogP contribution in [0.4, 0.5) is 10.2 Å². The predicted molar refractivity (Wildman–Crippen MR) is 340 cm³/mol. The Kier molecular flexibility index (Phi) is 21.0. The first-order valence-corrected chi connectivity index (χ1v) is 31.5. The Morgan fingerprint density at radius 2 is 1.23 bits per heavy atom. The van der Waals surface area contributed by atoms with Crippen molar-refractivity contribution in [2.75, 3.05) is 39.4 Å². The summed E-state index contributed by atoms with van der Waals surface area (Å²) in [7, 11) is -1.80. The van der Waals surface area contributed by atoms with Crippen LogP contribution in [0.25, 0.3) is 11.2 Å². The van der Waals surface area contributed by atoms with Crippen molar-refractivity contribution in [1.29, 1.82) is 0 Å². The number of carbonyl (C=O) groups excluding carboxylic acids is 1. The van der Waals surface area contributed by atoms with Crippen LogP contribution in [0.1, 0.15) is 97.0 Å². The number of benzene rings is 7. The quantitative estimate of drug-likeness (QED) is 0.00923. The van der Waals surface area contributed by atoms with Crippen LogP contribution in [-0.2, 0) is 55.0 Å². The molecule has 17 nitrogen and oxygen atoms in total. The molecular formula is C71H72FN6O11P. The lowest BCUT2D eigenvalue weighted by molar-refractivity contribution is -0.147. The van der Waals surface area contributed by atoms with E-state index in [-0.39, 0.29) is 36.4 Å². The lowest BCUT2D eigenvalue weighted by Crippen LogP contribution is -2.49. The summed E-state index contributed by atoms with van der Waals surface area (Å²) in [4.78, 5) is 40.2. The molecule has 1 aliphatic rings. The van der Waals surface area contributed by atoms with Crippen LogP contribution >= 0.6 is 7.75 Å². The maximum atomic E-state index is 16.7. The molecule has 7 aromatic carbocycles. The summed E-state index contributed by atoms with van der Waals surface area (Å²) in [5.41, 5.74) is 0.262. The number of unbranched alkanes of at least 4 members (excludes halogenated alkanes) is 5. The summed E-state index contributed by atoms with van der Waals surface area (Å²) in [5.74, 6) is 1.81. The van der Waals surface area contributed by atoms with Gasteiger partial charge >= 0.3 is 25.8 Å². The zero-order chi connectivity index (χ0) is 63.0. The van der Waals surface area contributed by atoms with Crippen molar-refractivity contribution in [2.45, 2.75) is 93.4 Å². The van der Waals surface area contributed by atoms with Crippen molar-refractivity contribution >= 4 is 36.7 Å². The van der Waals surface area contributed by atoms with Gasteiger partial charge in [-0.2, -0.15) is 14.4 Å². The molecule has 3 heterocycles. The number of rotatable bonds is 31. The molecule has 10 rings (SSSR count). The van der Waals surface area contributed by atoms with Crippen LogP contribution < -0.4 is 19.9 Å². The van der Waals surface area contributed by atoms with Crippen molar-refractivity contribution < 1.29 is 56.4 Å². The van der Waals surface area contributed by atoms with E-state index in [1.807, 2.05) is 170 Å². The molecular weight excluding hydrogens is 1160 g/mol. The Labute approximate surface area is 523 Å². The van der Waals surface area contributed by atoms with E-state index in [0.29, 0.717) is 40.2 Å². The minimum atomic E-state index is -4.96. The second-order valence-corrected chi connectivity index (χ2v) is 23.6. The molecule has 0 bridgehead atoms. The average Bonchev–Trinajstić information content (AvgIpc) is 1.30. The van der Waals surface area contributed by atoms with E-state index < -0.39 is 74.1 Å². The number of terminal acetylenes is 1. The minimum absolute atomic E-state index is 0.000126. The van der Waals surface area contributed by atoms with Crippen molar-refractivity contribution in [3.8, 4) is 23.8 Å². The van der Waals surface area contributed by atoms with E-state index in [9.17, 15) is 14.7 Å². The van der Waals surface area contributed by atoms with Crippen molar-refractivity contribution in [3.63, 3.8) is 0 Å². The lowest BCUT2D eigenvalue weighted by atomic mass is 9.77. The topological polar surface area (TPSA) is 204 Å². The van der Waals surface area contributed by atoms with Gasteiger partial charge < -0.3 is 34.1 Å². The molecule has 1 aliphatic heterocycles. The maximum absolute atomic E-state index is 16.7. The van der Waals surface area contributed by atoms with Gasteiger partial charge in [0.25, 0.3) is 0 Å². The molecule has 0 radical (unpaired) electrons. The Morgan fingerprint density at radius 1 is 0.722 bits per heavy atom. The molecule has 90 heavy (non-hydrogen) atoms. The molecule has 0 aliphatic carbocycles. The zero-order valence-electron chi connectivity index (χ0n) is 50.4. The van der Waals surface area contributed by atoms with Gasteiger partial charge in [0.1, 0.15) is 47.6 Å².